The Morgan fingerprint density at radius 2 is 1.48 bits per heavy atom. The van der Waals surface area contributed by atoms with E-state index in [0.717, 1.165) is 0 Å². The minimum Gasteiger partial charge on any atom is -0.449 e. The predicted molar refractivity (Wildman–Crippen MR) is 81.1 cm³/mol. The van der Waals surface area contributed by atoms with Crippen LogP contribution >= 0.6 is 0 Å². The highest BCUT2D eigenvalue weighted by Crippen LogP contribution is 2.10. The summed E-state index contributed by atoms with van der Waals surface area (Å²) in [5.41, 5.74) is 4.93. The number of amides is 1. The van der Waals surface area contributed by atoms with Crippen LogP contribution < -0.4 is 21.5 Å². The van der Waals surface area contributed by atoms with Crippen molar-refractivity contribution in [2.45, 2.75) is 46.7 Å². The fourth-order valence-corrected chi connectivity index (χ4v) is 1.35. The summed E-state index contributed by atoms with van der Waals surface area (Å²) in [6, 6.07) is 0.343. The van der Waals surface area contributed by atoms with Crippen LogP contribution in [0.15, 0.2) is 0 Å². The molecule has 0 unspecified atom stereocenters. The van der Waals surface area contributed by atoms with Gasteiger partial charge in [-0.3, -0.25) is 5.43 Å². The van der Waals surface area contributed by atoms with Crippen LogP contribution in [0.25, 0.3) is 0 Å². The van der Waals surface area contributed by atoms with Crippen molar-refractivity contribution < 1.29 is 9.53 Å². The van der Waals surface area contributed by atoms with E-state index in [4.69, 9.17) is 4.74 Å². The number of nitrogens with zero attached hydrogens (tertiary/aromatic N) is 3. The van der Waals surface area contributed by atoms with E-state index in [1.165, 1.54) is 0 Å². The fourth-order valence-electron chi connectivity index (χ4n) is 1.35. The number of hydrogen-bond acceptors (Lipinski definition) is 8. The molecule has 0 aliphatic carbocycles. The van der Waals surface area contributed by atoms with Gasteiger partial charge in [-0.2, -0.15) is 15.0 Å². The van der Waals surface area contributed by atoms with Crippen LogP contribution in [-0.2, 0) is 4.74 Å². The lowest BCUT2D eigenvalue weighted by atomic mass is 10.4. The zero-order chi connectivity index (χ0) is 15.8. The van der Waals surface area contributed by atoms with Crippen molar-refractivity contribution in [3.63, 3.8) is 0 Å². The smallest absolute Gasteiger partial charge is 0.426 e. The monoisotopic (exact) mass is 297 g/mol. The summed E-state index contributed by atoms with van der Waals surface area (Å²) in [5.74, 6) is 1.04. The van der Waals surface area contributed by atoms with E-state index in [2.05, 4.69) is 36.4 Å². The van der Waals surface area contributed by atoms with E-state index in [1.807, 2.05) is 27.7 Å². The molecule has 0 spiro atoms. The van der Waals surface area contributed by atoms with Gasteiger partial charge >= 0.3 is 6.09 Å². The van der Waals surface area contributed by atoms with E-state index < -0.39 is 6.09 Å². The Kier molecular flexibility index (Phi) is 6.44. The Hall–Kier alpha value is -2.32. The van der Waals surface area contributed by atoms with Gasteiger partial charge in [0, 0.05) is 12.1 Å². The highest BCUT2D eigenvalue weighted by molar-refractivity contribution is 5.68. The van der Waals surface area contributed by atoms with Crippen molar-refractivity contribution in [1.29, 1.82) is 0 Å². The van der Waals surface area contributed by atoms with Crippen molar-refractivity contribution in [2.24, 2.45) is 0 Å². The Balaban J connectivity index is 2.82. The number of anilines is 3. The van der Waals surface area contributed by atoms with Gasteiger partial charge in [0.2, 0.25) is 17.8 Å². The molecule has 0 aromatic carbocycles. The molecule has 0 fully saturated rings. The molecule has 1 aromatic heterocycles. The molecule has 21 heavy (non-hydrogen) atoms. The SMILES string of the molecule is CCOC(=O)NNc1nc(NC(C)C)nc(NC(C)C)n1. The van der Waals surface area contributed by atoms with Crippen LogP contribution in [0.1, 0.15) is 34.6 Å². The lowest BCUT2D eigenvalue weighted by Crippen LogP contribution is -2.31. The molecule has 1 amide bonds. The summed E-state index contributed by atoms with van der Waals surface area (Å²) in [6.45, 7) is 9.90. The lowest BCUT2D eigenvalue weighted by Gasteiger charge is -2.14. The van der Waals surface area contributed by atoms with Gasteiger partial charge in [-0.05, 0) is 34.6 Å². The summed E-state index contributed by atoms with van der Waals surface area (Å²) in [4.78, 5) is 23.8. The fraction of sp³-hybridized carbons (Fsp3) is 0.667. The molecular weight excluding hydrogens is 274 g/mol. The highest BCUT2D eigenvalue weighted by Gasteiger charge is 2.09. The van der Waals surface area contributed by atoms with Crippen molar-refractivity contribution in [1.82, 2.24) is 20.4 Å². The average Bonchev–Trinajstić information content (AvgIpc) is 2.35. The summed E-state index contributed by atoms with van der Waals surface area (Å²) in [6.07, 6.45) is -0.602. The van der Waals surface area contributed by atoms with Crippen LogP contribution in [0.2, 0.25) is 0 Å². The Bertz CT molecular complexity index is 437. The molecule has 0 atom stereocenters. The number of carbonyl (C=O) groups is 1. The van der Waals surface area contributed by atoms with Crippen molar-refractivity contribution in [3.05, 3.63) is 0 Å². The molecule has 9 heteroatoms. The van der Waals surface area contributed by atoms with Gasteiger partial charge < -0.3 is 15.4 Å². The van der Waals surface area contributed by atoms with Crippen molar-refractivity contribution in [2.75, 3.05) is 22.7 Å². The van der Waals surface area contributed by atoms with Crippen molar-refractivity contribution >= 4 is 23.9 Å². The lowest BCUT2D eigenvalue weighted by molar-refractivity contribution is 0.154. The van der Waals surface area contributed by atoms with Gasteiger partial charge in [0.15, 0.2) is 0 Å². The molecule has 1 heterocycles. The number of aromatic nitrogens is 3. The Morgan fingerprint density at radius 1 is 1.00 bits per heavy atom. The summed E-state index contributed by atoms with van der Waals surface area (Å²) < 4.78 is 4.74. The third-order valence-electron chi connectivity index (χ3n) is 2.02. The third kappa shape index (κ3) is 6.59. The van der Waals surface area contributed by atoms with E-state index in [1.54, 1.807) is 6.92 Å². The average molecular weight is 297 g/mol. The zero-order valence-electron chi connectivity index (χ0n) is 13.0. The quantitative estimate of drug-likeness (QED) is 0.561. The molecule has 4 N–H and O–H groups in total. The van der Waals surface area contributed by atoms with Crippen molar-refractivity contribution in [3.8, 4) is 0 Å². The maximum atomic E-state index is 11.2. The van der Waals surface area contributed by atoms with Gasteiger partial charge in [-0.25, -0.2) is 10.2 Å². The van der Waals surface area contributed by atoms with E-state index in [9.17, 15) is 4.79 Å². The van der Waals surface area contributed by atoms with Crippen LogP contribution in [0.4, 0.5) is 22.6 Å². The second-order valence-electron chi connectivity index (χ2n) is 4.87. The maximum Gasteiger partial charge on any atom is 0.426 e. The van der Waals surface area contributed by atoms with Crippen LogP contribution in [0.3, 0.4) is 0 Å². The molecule has 0 aliphatic heterocycles. The molecule has 0 bridgehead atoms. The topological polar surface area (TPSA) is 113 Å². The van der Waals surface area contributed by atoms with Gasteiger partial charge in [-0.15, -0.1) is 0 Å². The van der Waals surface area contributed by atoms with Gasteiger partial charge in [0.05, 0.1) is 6.61 Å². The first-order valence-electron chi connectivity index (χ1n) is 6.88. The first-order chi connectivity index (χ1) is 9.90. The molecule has 118 valence electrons. The predicted octanol–water partition coefficient (Wildman–Crippen LogP) is 1.59. The normalized spacial score (nSPS) is 10.4. The number of hydrogen-bond donors (Lipinski definition) is 4. The zero-order valence-corrected chi connectivity index (χ0v) is 13.0. The molecule has 0 radical (unpaired) electrons. The maximum absolute atomic E-state index is 11.2. The van der Waals surface area contributed by atoms with E-state index in [0.29, 0.717) is 11.9 Å². The first-order valence-corrected chi connectivity index (χ1v) is 6.88. The molecule has 1 rings (SSSR count). The van der Waals surface area contributed by atoms with Gasteiger partial charge in [-0.1, -0.05) is 0 Å². The van der Waals surface area contributed by atoms with E-state index in [-0.39, 0.29) is 24.6 Å². The molecule has 0 saturated heterocycles. The molecule has 9 nitrogen and oxygen atoms in total. The molecule has 0 aliphatic rings. The summed E-state index contributed by atoms with van der Waals surface area (Å²) >= 11 is 0. The first kappa shape index (κ1) is 16.7. The van der Waals surface area contributed by atoms with Gasteiger partial charge in [0.1, 0.15) is 0 Å². The summed E-state index contributed by atoms with van der Waals surface area (Å²) in [5, 5.41) is 6.17. The van der Waals surface area contributed by atoms with Crippen LogP contribution in [0, 0.1) is 0 Å². The Labute approximate surface area is 124 Å². The number of carbonyl (C=O) groups excluding carboxylic acids is 1. The molecule has 0 saturated carbocycles. The number of rotatable bonds is 7. The number of hydrazine groups is 1. The Morgan fingerprint density at radius 3 is 1.90 bits per heavy atom. The minimum atomic E-state index is -0.602. The van der Waals surface area contributed by atoms with Crippen LogP contribution in [-0.4, -0.2) is 39.7 Å². The molecular formula is C12H23N7O2. The second-order valence-corrected chi connectivity index (χ2v) is 4.87. The second kappa shape index (κ2) is 8.08. The number of nitrogens with one attached hydrogen (secondary N) is 4. The standard InChI is InChI=1S/C12H23N7O2/c1-6-21-12(20)19-18-11-16-9(13-7(2)3)15-10(17-11)14-8(4)5/h7-8H,6H2,1-5H3,(H,19,20)(H3,13,14,15,16,17,18). The van der Waals surface area contributed by atoms with Crippen LogP contribution in [0.5, 0.6) is 0 Å². The minimum absolute atomic E-state index is 0.171. The molecule has 1 aromatic rings. The summed E-state index contributed by atoms with van der Waals surface area (Å²) in [7, 11) is 0. The highest BCUT2D eigenvalue weighted by atomic mass is 16.5. The third-order valence-corrected chi connectivity index (χ3v) is 2.02. The number of ether oxygens (including phenoxy) is 1. The largest absolute Gasteiger partial charge is 0.449 e. The van der Waals surface area contributed by atoms with Gasteiger partial charge in [0.25, 0.3) is 0 Å². The van der Waals surface area contributed by atoms with E-state index >= 15 is 0 Å².